The van der Waals surface area contributed by atoms with Crippen LogP contribution in [-0.4, -0.2) is 20.8 Å². The second kappa shape index (κ2) is 11.0. The van der Waals surface area contributed by atoms with Crippen molar-refractivity contribution in [2.45, 2.75) is 6.61 Å². The smallest absolute Gasteiger partial charge is 0.282 e. The standard InChI is InChI=1S/C30H18BrClN4O5/c31-24-13-19(7-11-27(24)40-17-18-5-9-22(10-6-18)36(38)39)16-33-35-29(34-25-4-2-1-3-23(25)30(35)37)28-15-20-14-21(32)8-12-26(20)41-28/h1-16H,17H2. The molecule has 9 nitrogen and oxygen atoms in total. The minimum Gasteiger partial charge on any atom is -0.488 e. The molecule has 0 atom stereocenters. The predicted octanol–water partition coefficient (Wildman–Crippen LogP) is 7.60. The zero-order valence-corrected chi connectivity index (χ0v) is 23.4. The van der Waals surface area contributed by atoms with Crippen LogP contribution in [0.15, 0.2) is 110 Å². The summed E-state index contributed by atoms with van der Waals surface area (Å²) >= 11 is 9.66. The number of aromatic nitrogens is 2. The van der Waals surface area contributed by atoms with E-state index in [1.165, 1.54) is 16.8 Å². The summed E-state index contributed by atoms with van der Waals surface area (Å²) in [5, 5.41) is 17.1. The maximum absolute atomic E-state index is 13.5. The molecule has 0 bridgehead atoms. The molecule has 0 aliphatic carbocycles. The van der Waals surface area contributed by atoms with Crippen LogP contribution >= 0.6 is 27.5 Å². The second-order valence-electron chi connectivity index (χ2n) is 9.01. The Labute approximate surface area is 245 Å². The highest BCUT2D eigenvalue weighted by Crippen LogP contribution is 2.30. The Hall–Kier alpha value is -4.80. The van der Waals surface area contributed by atoms with Gasteiger partial charge in [-0.2, -0.15) is 9.78 Å². The number of non-ortho nitro benzene ring substituents is 1. The van der Waals surface area contributed by atoms with Gasteiger partial charge >= 0.3 is 0 Å². The van der Waals surface area contributed by atoms with Crippen LogP contribution in [0.25, 0.3) is 33.5 Å². The largest absolute Gasteiger partial charge is 0.488 e. The third-order valence-electron chi connectivity index (χ3n) is 6.27. The SMILES string of the molecule is O=c1c2ccccc2nc(-c2cc3cc(Cl)ccc3o2)n1N=Cc1ccc(OCc2ccc([N+](=O)[O-])cc2)c(Br)c1. The lowest BCUT2D eigenvalue weighted by Gasteiger charge is -2.09. The van der Waals surface area contributed by atoms with Crippen molar-refractivity contribution in [2.24, 2.45) is 5.10 Å². The Balaban J connectivity index is 1.31. The number of nitro groups is 1. The van der Waals surface area contributed by atoms with Crippen molar-refractivity contribution in [1.82, 2.24) is 9.66 Å². The molecule has 202 valence electrons. The second-order valence-corrected chi connectivity index (χ2v) is 10.3. The van der Waals surface area contributed by atoms with Crippen molar-refractivity contribution >= 4 is 61.3 Å². The van der Waals surface area contributed by atoms with Crippen LogP contribution in [0.3, 0.4) is 0 Å². The predicted molar refractivity (Wildman–Crippen MR) is 161 cm³/mol. The number of ether oxygens (including phenoxy) is 1. The Kier molecular flexibility index (Phi) is 7.08. The molecule has 0 radical (unpaired) electrons. The van der Waals surface area contributed by atoms with Gasteiger partial charge in [0.05, 0.1) is 26.5 Å². The summed E-state index contributed by atoms with van der Waals surface area (Å²) in [5.41, 5.74) is 2.29. The highest BCUT2D eigenvalue weighted by molar-refractivity contribution is 9.10. The molecular weight excluding hydrogens is 612 g/mol. The average Bonchev–Trinajstić information content (AvgIpc) is 3.39. The molecule has 4 aromatic carbocycles. The molecule has 0 saturated carbocycles. The van der Waals surface area contributed by atoms with Gasteiger partial charge < -0.3 is 9.15 Å². The topological polar surface area (TPSA) is 113 Å². The maximum atomic E-state index is 13.5. The van der Waals surface area contributed by atoms with E-state index in [-0.39, 0.29) is 23.7 Å². The van der Waals surface area contributed by atoms with Crippen molar-refractivity contribution in [3.05, 3.63) is 132 Å². The van der Waals surface area contributed by atoms with E-state index in [9.17, 15) is 14.9 Å². The van der Waals surface area contributed by atoms with E-state index in [2.05, 4.69) is 21.0 Å². The van der Waals surface area contributed by atoms with E-state index >= 15 is 0 Å². The number of furan rings is 1. The third-order valence-corrected chi connectivity index (χ3v) is 7.13. The molecule has 2 heterocycles. The van der Waals surface area contributed by atoms with Crippen LogP contribution in [-0.2, 0) is 6.61 Å². The molecule has 0 aliphatic rings. The van der Waals surface area contributed by atoms with Gasteiger partial charge in [0.25, 0.3) is 11.2 Å². The zero-order valence-electron chi connectivity index (χ0n) is 21.0. The van der Waals surface area contributed by atoms with Gasteiger partial charge in [0.2, 0.25) is 5.82 Å². The van der Waals surface area contributed by atoms with E-state index in [1.54, 1.807) is 79.0 Å². The van der Waals surface area contributed by atoms with Crippen molar-refractivity contribution in [3.63, 3.8) is 0 Å². The fraction of sp³-hybridized carbons (Fsp3) is 0.0333. The van der Waals surface area contributed by atoms with Crippen molar-refractivity contribution in [2.75, 3.05) is 0 Å². The van der Waals surface area contributed by atoms with Crippen LogP contribution < -0.4 is 10.3 Å². The van der Waals surface area contributed by atoms with E-state index < -0.39 is 4.92 Å². The molecule has 6 aromatic rings. The number of nitrogens with zero attached hydrogens (tertiary/aromatic N) is 4. The summed E-state index contributed by atoms with van der Waals surface area (Å²) < 4.78 is 13.8. The number of hydrogen-bond donors (Lipinski definition) is 0. The first-order valence-electron chi connectivity index (χ1n) is 12.3. The summed E-state index contributed by atoms with van der Waals surface area (Å²) in [6.07, 6.45) is 1.55. The van der Waals surface area contributed by atoms with Gasteiger partial charge in [-0.3, -0.25) is 14.9 Å². The molecule has 0 unspecified atom stereocenters. The maximum Gasteiger partial charge on any atom is 0.282 e. The fourth-order valence-corrected chi connectivity index (χ4v) is 4.92. The lowest BCUT2D eigenvalue weighted by atomic mass is 10.2. The monoisotopic (exact) mass is 628 g/mol. The van der Waals surface area contributed by atoms with Crippen molar-refractivity contribution < 1.29 is 14.1 Å². The van der Waals surface area contributed by atoms with Gasteiger partial charge in [0.1, 0.15) is 17.9 Å². The van der Waals surface area contributed by atoms with Gasteiger partial charge in [-0.15, -0.1) is 0 Å². The third kappa shape index (κ3) is 5.47. The number of rotatable bonds is 7. The summed E-state index contributed by atoms with van der Waals surface area (Å²) in [5.74, 6) is 1.20. The molecule has 41 heavy (non-hydrogen) atoms. The highest BCUT2D eigenvalue weighted by Gasteiger charge is 2.17. The van der Waals surface area contributed by atoms with Gasteiger partial charge in [-0.25, -0.2) is 4.98 Å². The van der Waals surface area contributed by atoms with E-state index in [1.807, 2.05) is 6.07 Å². The Bertz CT molecular complexity index is 2040. The minimum atomic E-state index is -0.445. The first-order chi connectivity index (χ1) is 19.9. The van der Waals surface area contributed by atoms with Gasteiger partial charge in [0.15, 0.2) is 5.76 Å². The number of fused-ring (bicyclic) bond motifs is 2. The number of nitro benzene ring substituents is 1. The molecule has 11 heteroatoms. The Morgan fingerprint density at radius 1 is 1.05 bits per heavy atom. The van der Waals surface area contributed by atoms with Crippen LogP contribution in [0.1, 0.15) is 11.1 Å². The molecule has 0 spiro atoms. The lowest BCUT2D eigenvalue weighted by Crippen LogP contribution is -2.20. The van der Waals surface area contributed by atoms with E-state index in [0.717, 1.165) is 10.9 Å². The minimum absolute atomic E-state index is 0.0205. The van der Waals surface area contributed by atoms with E-state index in [0.29, 0.717) is 43.1 Å². The zero-order chi connectivity index (χ0) is 28.5. The van der Waals surface area contributed by atoms with Crippen molar-refractivity contribution in [1.29, 1.82) is 0 Å². The fourth-order valence-electron chi connectivity index (χ4n) is 4.23. The molecule has 0 aliphatic heterocycles. The summed E-state index contributed by atoms with van der Waals surface area (Å²) in [6, 6.07) is 25.6. The quantitative estimate of drug-likeness (QED) is 0.102. The van der Waals surface area contributed by atoms with Gasteiger partial charge in [-0.1, -0.05) is 23.7 Å². The summed E-state index contributed by atoms with van der Waals surface area (Å²) in [4.78, 5) is 28.6. The molecule has 0 saturated heterocycles. The molecule has 2 aromatic heterocycles. The molecular formula is C30H18BrClN4O5. The Morgan fingerprint density at radius 2 is 1.85 bits per heavy atom. The van der Waals surface area contributed by atoms with Gasteiger partial charge in [-0.05, 0) is 93.8 Å². The average molecular weight is 630 g/mol. The van der Waals surface area contributed by atoms with Crippen LogP contribution in [0.5, 0.6) is 5.75 Å². The number of para-hydroxylation sites is 1. The van der Waals surface area contributed by atoms with E-state index in [4.69, 9.17) is 25.7 Å². The van der Waals surface area contributed by atoms with Crippen molar-refractivity contribution in [3.8, 4) is 17.3 Å². The first kappa shape index (κ1) is 26.4. The molecule has 0 fully saturated rings. The molecule has 6 rings (SSSR count). The summed E-state index contributed by atoms with van der Waals surface area (Å²) in [7, 11) is 0. The molecule has 0 N–H and O–H groups in total. The number of halogens is 2. The van der Waals surface area contributed by atoms with Crippen LogP contribution in [0, 0.1) is 10.1 Å². The first-order valence-corrected chi connectivity index (χ1v) is 13.4. The normalized spacial score (nSPS) is 11.5. The lowest BCUT2D eigenvalue weighted by molar-refractivity contribution is -0.384. The number of hydrogen-bond acceptors (Lipinski definition) is 7. The highest BCUT2D eigenvalue weighted by atomic mass is 79.9. The van der Waals surface area contributed by atoms with Crippen LogP contribution in [0.2, 0.25) is 5.02 Å². The van der Waals surface area contributed by atoms with Crippen LogP contribution in [0.4, 0.5) is 5.69 Å². The molecule has 0 amide bonds. The van der Waals surface area contributed by atoms with Gasteiger partial charge in [0, 0.05) is 22.5 Å². The summed E-state index contributed by atoms with van der Waals surface area (Å²) in [6.45, 7) is 0.230. The Morgan fingerprint density at radius 3 is 2.63 bits per heavy atom. The number of benzene rings is 4.